The van der Waals surface area contributed by atoms with Gasteiger partial charge in [-0.3, -0.25) is 9.38 Å². The van der Waals surface area contributed by atoms with Crippen LogP contribution in [0.3, 0.4) is 0 Å². The van der Waals surface area contributed by atoms with E-state index >= 15 is 0 Å². The summed E-state index contributed by atoms with van der Waals surface area (Å²) >= 11 is 0. The van der Waals surface area contributed by atoms with E-state index in [4.69, 9.17) is 0 Å². The quantitative estimate of drug-likeness (QED) is 0.724. The van der Waals surface area contributed by atoms with E-state index in [1.807, 2.05) is 11.9 Å². The molecule has 3 aromatic heterocycles. The number of nitrogens with zero attached hydrogens (tertiary/aromatic N) is 6. The van der Waals surface area contributed by atoms with E-state index < -0.39 is 6.17 Å². The lowest BCUT2D eigenvalue weighted by atomic mass is 9.96. The van der Waals surface area contributed by atoms with Crippen molar-refractivity contribution in [3.05, 3.63) is 31.0 Å². The first-order valence-corrected chi connectivity index (χ1v) is 9.08. The zero-order valence-electron chi connectivity index (χ0n) is 14.8. The van der Waals surface area contributed by atoms with Crippen molar-refractivity contribution in [1.29, 1.82) is 0 Å². The molecule has 5 rings (SSSR count). The Kier molecular flexibility index (Phi) is 3.71. The number of hydrogen-bond donors (Lipinski definition) is 2. The predicted octanol–water partition coefficient (Wildman–Crippen LogP) is 1.56. The van der Waals surface area contributed by atoms with Gasteiger partial charge in [-0.2, -0.15) is 0 Å². The Balaban J connectivity index is 1.42. The number of pyridine rings is 1. The van der Waals surface area contributed by atoms with Gasteiger partial charge < -0.3 is 15.3 Å². The SMILES string of the molecule is CN(c1cnc(-c2ccn3cnnc3c2O)cn1)[C@H]1C[C@@H]2CCC(N2)[C@H]1F. The second-order valence-corrected chi connectivity index (χ2v) is 7.31. The zero-order chi connectivity index (χ0) is 18.5. The fourth-order valence-electron chi connectivity index (χ4n) is 4.24. The highest BCUT2D eigenvalue weighted by molar-refractivity contribution is 5.74. The topological polar surface area (TPSA) is 91.5 Å². The van der Waals surface area contributed by atoms with E-state index in [1.165, 1.54) is 6.33 Å². The number of fused-ring (bicyclic) bond motifs is 3. The summed E-state index contributed by atoms with van der Waals surface area (Å²) in [5, 5.41) is 21.4. The summed E-state index contributed by atoms with van der Waals surface area (Å²) in [5.74, 6) is 0.625. The molecule has 4 atom stereocenters. The largest absolute Gasteiger partial charge is 0.504 e. The molecule has 0 aromatic carbocycles. The summed E-state index contributed by atoms with van der Waals surface area (Å²) < 4.78 is 16.4. The lowest BCUT2D eigenvalue weighted by molar-refractivity contribution is 0.176. The van der Waals surface area contributed by atoms with Crippen LogP contribution in [0.15, 0.2) is 31.0 Å². The molecule has 0 spiro atoms. The second-order valence-electron chi connectivity index (χ2n) is 7.31. The number of piperidine rings is 1. The Bertz CT molecular complexity index is 976. The third-order valence-corrected chi connectivity index (χ3v) is 5.77. The molecule has 2 N–H and O–H groups in total. The maximum absolute atomic E-state index is 14.8. The van der Waals surface area contributed by atoms with E-state index in [-0.39, 0.29) is 17.8 Å². The highest BCUT2D eigenvalue weighted by Gasteiger charge is 2.43. The van der Waals surface area contributed by atoms with Gasteiger partial charge >= 0.3 is 0 Å². The molecule has 0 saturated carbocycles. The van der Waals surface area contributed by atoms with Crippen molar-refractivity contribution in [2.45, 2.75) is 43.6 Å². The second kappa shape index (κ2) is 6.12. The van der Waals surface area contributed by atoms with Crippen LogP contribution in [0.4, 0.5) is 10.2 Å². The van der Waals surface area contributed by atoms with Crippen molar-refractivity contribution in [2.75, 3.05) is 11.9 Å². The number of anilines is 1. The summed E-state index contributed by atoms with van der Waals surface area (Å²) in [6.45, 7) is 0. The molecule has 1 unspecified atom stereocenters. The van der Waals surface area contributed by atoms with Crippen molar-refractivity contribution in [2.24, 2.45) is 0 Å². The molecule has 2 bridgehead atoms. The van der Waals surface area contributed by atoms with E-state index in [0.717, 1.165) is 19.3 Å². The van der Waals surface area contributed by atoms with Crippen molar-refractivity contribution in [3.8, 4) is 17.0 Å². The molecular formula is C18H20FN7O. The minimum absolute atomic E-state index is 0.00385. The molecular weight excluding hydrogens is 349 g/mol. The van der Waals surface area contributed by atoms with Crippen molar-refractivity contribution >= 4 is 11.5 Å². The number of hydrogen-bond acceptors (Lipinski definition) is 7. The smallest absolute Gasteiger partial charge is 0.203 e. The standard InChI is InChI=1S/C18H20FN7O/c1-25(14-6-10-2-3-12(23-10)16(14)19)15-8-20-13(7-21-15)11-4-5-26-9-22-24-18(26)17(11)27/h4-5,7-10,12,14,16,23,27H,2-3,6H2,1H3/t10-,12?,14-,16+/m0/s1. The summed E-state index contributed by atoms with van der Waals surface area (Å²) in [6, 6.07) is 1.86. The van der Waals surface area contributed by atoms with Gasteiger partial charge in [-0.25, -0.2) is 9.37 Å². The number of halogens is 1. The average molecular weight is 369 g/mol. The maximum Gasteiger partial charge on any atom is 0.203 e. The summed E-state index contributed by atoms with van der Waals surface area (Å²) in [6.07, 6.45) is 8.26. The van der Waals surface area contributed by atoms with E-state index in [1.54, 1.807) is 29.1 Å². The molecule has 2 fully saturated rings. The summed E-state index contributed by atoms with van der Waals surface area (Å²) in [5.41, 5.74) is 1.42. The van der Waals surface area contributed by atoms with Gasteiger partial charge in [0.1, 0.15) is 18.3 Å². The minimum Gasteiger partial charge on any atom is -0.504 e. The number of nitrogens with one attached hydrogen (secondary N) is 1. The normalized spacial score (nSPS) is 27.2. The Morgan fingerprint density at radius 1 is 1.30 bits per heavy atom. The summed E-state index contributed by atoms with van der Waals surface area (Å²) in [4.78, 5) is 10.8. The first-order chi connectivity index (χ1) is 13.1. The van der Waals surface area contributed by atoms with E-state index in [9.17, 15) is 9.50 Å². The van der Waals surface area contributed by atoms with Crippen LogP contribution in [0.5, 0.6) is 5.75 Å². The Morgan fingerprint density at radius 3 is 3.00 bits per heavy atom. The molecule has 140 valence electrons. The van der Waals surface area contributed by atoms with Crippen LogP contribution in [-0.2, 0) is 0 Å². The van der Waals surface area contributed by atoms with Gasteiger partial charge in [-0.15, -0.1) is 10.2 Å². The molecule has 0 radical (unpaired) electrons. The first-order valence-electron chi connectivity index (χ1n) is 9.08. The van der Waals surface area contributed by atoms with Gasteiger partial charge in [0.2, 0.25) is 5.65 Å². The van der Waals surface area contributed by atoms with Gasteiger partial charge in [0.15, 0.2) is 5.75 Å². The summed E-state index contributed by atoms with van der Waals surface area (Å²) in [7, 11) is 1.87. The number of rotatable bonds is 3. The van der Waals surface area contributed by atoms with Gasteiger partial charge in [0.05, 0.1) is 24.1 Å². The average Bonchev–Trinajstić information content (AvgIpc) is 3.33. The van der Waals surface area contributed by atoms with Crippen molar-refractivity contribution in [3.63, 3.8) is 0 Å². The van der Waals surface area contributed by atoms with Crippen LogP contribution in [0, 0.1) is 0 Å². The molecule has 5 heterocycles. The highest BCUT2D eigenvalue weighted by atomic mass is 19.1. The van der Waals surface area contributed by atoms with Crippen LogP contribution >= 0.6 is 0 Å². The van der Waals surface area contributed by atoms with Crippen LogP contribution in [0.2, 0.25) is 0 Å². The molecule has 3 aromatic rings. The van der Waals surface area contributed by atoms with Crippen molar-refractivity contribution in [1.82, 2.24) is 29.9 Å². The number of alkyl halides is 1. The Morgan fingerprint density at radius 2 is 2.19 bits per heavy atom. The molecule has 0 aliphatic carbocycles. The lowest BCUT2D eigenvalue weighted by Crippen LogP contribution is -2.55. The Hall–Kier alpha value is -2.81. The number of aromatic nitrogens is 5. The van der Waals surface area contributed by atoms with Crippen LogP contribution in [-0.4, -0.2) is 61.0 Å². The van der Waals surface area contributed by atoms with Crippen LogP contribution in [0.25, 0.3) is 16.9 Å². The predicted molar refractivity (Wildman–Crippen MR) is 97.3 cm³/mol. The zero-order valence-corrected chi connectivity index (χ0v) is 14.8. The first kappa shape index (κ1) is 16.4. The van der Waals surface area contributed by atoms with Crippen LogP contribution in [0.1, 0.15) is 19.3 Å². The van der Waals surface area contributed by atoms with Gasteiger partial charge in [-0.1, -0.05) is 0 Å². The molecule has 8 nitrogen and oxygen atoms in total. The molecule has 0 amide bonds. The molecule has 2 saturated heterocycles. The van der Waals surface area contributed by atoms with Gasteiger partial charge in [0, 0.05) is 30.9 Å². The van der Waals surface area contributed by atoms with E-state index in [2.05, 4.69) is 25.5 Å². The lowest BCUT2D eigenvalue weighted by Gasteiger charge is -2.38. The van der Waals surface area contributed by atoms with Crippen LogP contribution < -0.4 is 10.2 Å². The van der Waals surface area contributed by atoms with Gasteiger partial charge in [0.25, 0.3) is 0 Å². The highest BCUT2D eigenvalue weighted by Crippen LogP contribution is 2.34. The van der Waals surface area contributed by atoms with Gasteiger partial charge in [-0.05, 0) is 25.3 Å². The third-order valence-electron chi connectivity index (χ3n) is 5.77. The fourth-order valence-corrected chi connectivity index (χ4v) is 4.24. The fraction of sp³-hybridized carbons (Fsp3) is 0.444. The molecule has 2 aliphatic heterocycles. The van der Waals surface area contributed by atoms with Crippen molar-refractivity contribution < 1.29 is 9.50 Å². The molecule has 27 heavy (non-hydrogen) atoms. The number of aromatic hydroxyl groups is 1. The Labute approximate surface area is 155 Å². The third kappa shape index (κ3) is 2.61. The monoisotopic (exact) mass is 369 g/mol. The maximum atomic E-state index is 14.8. The minimum atomic E-state index is -0.922. The van der Waals surface area contributed by atoms with E-state index in [0.29, 0.717) is 28.8 Å². The molecule has 9 heteroatoms. The molecule has 2 aliphatic rings.